The monoisotopic (exact) mass is 339 g/mol. The molecule has 1 amide bonds. The summed E-state index contributed by atoms with van der Waals surface area (Å²) in [5, 5.41) is 14.5. The van der Waals surface area contributed by atoms with E-state index >= 15 is 0 Å². The van der Waals surface area contributed by atoms with Gasteiger partial charge in [-0.3, -0.25) is 14.9 Å². The number of nitro benzene ring substituents is 1. The van der Waals surface area contributed by atoms with Gasteiger partial charge in [-0.1, -0.05) is 36.4 Å². The fraction of sp³-hybridized carbons (Fsp3) is 0.111. The van der Waals surface area contributed by atoms with Crippen molar-refractivity contribution in [1.82, 2.24) is 5.43 Å². The molecule has 0 saturated carbocycles. The topological polar surface area (TPSA) is 93.8 Å². The Balaban J connectivity index is 1.79. The highest BCUT2D eigenvalue weighted by Gasteiger charge is 2.06. The van der Waals surface area contributed by atoms with Crippen LogP contribution in [0.3, 0.4) is 0 Å². The van der Waals surface area contributed by atoms with E-state index in [1.807, 2.05) is 36.4 Å². The standard InChI is InChI=1S/C18H17N3O4/c1-14(7-8-15-5-3-2-4-6-15)19-20-18(22)13-25-17-11-9-16(10-12-17)21(23)24/h2-12H,13H2,1H3,(H,20,22). The second-order valence-corrected chi connectivity index (χ2v) is 5.07. The van der Waals surface area contributed by atoms with Crippen LogP contribution in [0, 0.1) is 10.1 Å². The Kier molecular flexibility index (Phi) is 6.41. The number of non-ortho nitro benzene ring substituents is 1. The molecule has 0 saturated heterocycles. The van der Waals surface area contributed by atoms with Crippen molar-refractivity contribution in [2.75, 3.05) is 6.61 Å². The fourth-order valence-corrected chi connectivity index (χ4v) is 1.81. The minimum absolute atomic E-state index is 0.0396. The average Bonchev–Trinajstić information content (AvgIpc) is 2.64. The summed E-state index contributed by atoms with van der Waals surface area (Å²) in [6.45, 7) is 1.52. The lowest BCUT2D eigenvalue weighted by molar-refractivity contribution is -0.384. The molecule has 0 aliphatic heterocycles. The summed E-state index contributed by atoms with van der Waals surface area (Å²) >= 11 is 0. The molecule has 128 valence electrons. The zero-order valence-corrected chi connectivity index (χ0v) is 13.6. The number of allylic oxidation sites excluding steroid dienone is 1. The van der Waals surface area contributed by atoms with Crippen LogP contribution < -0.4 is 10.2 Å². The number of hydrazone groups is 1. The van der Waals surface area contributed by atoms with Crippen molar-refractivity contribution in [3.8, 4) is 5.75 Å². The molecule has 0 unspecified atom stereocenters. The molecule has 0 aliphatic carbocycles. The number of carbonyl (C=O) groups excluding carboxylic acids is 1. The first-order valence-corrected chi connectivity index (χ1v) is 7.48. The van der Waals surface area contributed by atoms with E-state index in [1.54, 1.807) is 13.0 Å². The minimum Gasteiger partial charge on any atom is -0.484 e. The number of ether oxygens (including phenoxy) is 1. The van der Waals surface area contributed by atoms with E-state index in [0.717, 1.165) is 5.56 Å². The summed E-state index contributed by atoms with van der Waals surface area (Å²) in [4.78, 5) is 21.7. The minimum atomic E-state index is -0.503. The fourth-order valence-electron chi connectivity index (χ4n) is 1.81. The molecular formula is C18H17N3O4. The van der Waals surface area contributed by atoms with Gasteiger partial charge in [0.25, 0.3) is 11.6 Å². The predicted octanol–water partition coefficient (Wildman–Crippen LogP) is 3.18. The van der Waals surface area contributed by atoms with E-state index in [0.29, 0.717) is 11.5 Å². The highest BCUT2D eigenvalue weighted by molar-refractivity contribution is 5.97. The average molecular weight is 339 g/mol. The van der Waals surface area contributed by atoms with Crippen molar-refractivity contribution < 1.29 is 14.5 Å². The Labute approximate surface area is 144 Å². The summed E-state index contributed by atoms with van der Waals surface area (Å²) in [7, 11) is 0. The molecule has 1 N–H and O–H groups in total. The molecule has 0 atom stereocenters. The van der Waals surface area contributed by atoms with Crippen molar-refractivity contribution in [1.29, 1.82) is 0 Å². The van der Waals surface area contributed by atoms with Gasteiger partial charge in [-0.15, -0.1) is 0 Å². The van der Waals surface area contributed by atoms with Crippen LogP contribution >= 0.6 is 0 Å². The van der Waals surface area contributed by atoms with Crippen LogP contribution in [-0.4, -0.2) is 23.1 Å². The van der Waals surface area contributed by atoms with Crippen LogP contribution in [-0.2, 0) is 4.79 Å². The predicted molar refractivity (Wildman–Crippen MR) is 95.3 cm³/mol. The SMILES string of the molecule is CC(C=Cc1ccccc1)=NNC(=O)COc1ccc([N+](=O)[O-])cc1. The lowest BCUT2D eigenvalue weighted by Gasteiger charge is -2.04. The molecule has 7 nitrogen and oxygen atoms in total. The second-order valence-electron chi connectivity index (χ2n) is 5.07. The third kappa shape index (κ3) is 6.26. The Bertz CT molecular complexity index is 784. The Morgan fingerprint density at radius 2 is 1.88 bits per heavy atom. The van der Waals surface area contributed by atoms with Crippen LogP contribution in [0.25, 0.3) is 6.08 Å². The largest absolute Gasteiger partial charge is 0.484 e. The van der Waals surface area contributed by atoms with Crippen LogP contribution in [0.2, 0.25) is 0 Å². The molecule has 25 heavy (non-hydrogen) atoms. The molecule has 0 aliphatic rings. The van der Waals surface area contributed by atoms with Crippen LogP contribution in [0.4, 0.5) is 5.69 Å². The number of hydrogen-bond donors (Lipinski definition) is 1. The summed E-state index contributed by atoms with van der Waals surface area (Å²) in [5.41, 5.74) is 4.01. The third-order valence-corrected chi connectivity index (χ3v) is 3.09. The van der Waals surface area contributed by atoms with Crippen LogP contribution in [0.1, 0.15) is 12.5 Å². The molecule has 0 fully saturated rings. The van der Waals surface area contributed by atoms with Gasteiger partial charge >= 0.3 is 0 Å². The van der Waals surface area contributed by atoms with Gasteiger partial charge in [0, 0.05) is 12.1 Å². The Hall–Kier alpha value is -3.48. The first kappa shape index (κ1) is 17.9. The van der Waals surface area contributed by atoms with Crippen molar-refractivity contribution >= 4 is 23.4 Å². The Morgan fingerprint density at radius 1 is 1.20 bits per heavy atom. The first-order chi connectivity index (χ1) is 12.0. The summed E-state index contributed by atoms with van der Waals surface area (Å²) in [6, 6.07) is 15.2. The maximum absolute atomic E-state index is 11.7. The zero-order chi connectivity index (χ0) is 18.1. The van der Waals surface area contributed by atoms with Crippen molar-refractivity contribution in [3.63, 3.8) is 0 Å². The van der Waals surface area contributed by atoms with E-state index in [4.69, 9.17) is 4.74 Å². The Morgan fingerprint density at radius 3 is 2.52 bits per heavy atom. The third-order valence-electron chi connectivity index (χ3n) is 3.09. The summed E-state index contributed by atoms with van der Waals surface area (Å²) in [5.74, 6) is -0.0590. The van der Waals surface area contributed by atoms with Crippen LogP contribution in [0.5, 0.6) is 5.75 Å². The van der Waals surface area contributed by atoms with E-state index in [2.05, 4.69) is 10.5 Å². The van der Waals surface area contributed by atoms with Crippen LogP contribution in [0.15, 0.2) is 65.8 Å². The molecule has 2 rings (SSSR count). The normalized spacial score (nSPS) is 11.3. The number of rotatable bonds is 7. The number of nitrogens with one attached hydrogen (secondary N) is 1. The van der Waals surface area contributed by atoms with Gasteiger partial charge in [-0.05, 0) is 30.7 Å². The quantitative estimate of drug-likeness (QED) is 0.476. The first-order valence-electron chi connectivity index (χ1n) is 7.48. The zero-order valence-electron chi connectivity index (χ0n) is 13.6. The van der Waals surface area contributed by atoms with Gasteiger partial charge in [0.2, 0.25) is 0 Å². The highest BCUT2D eigenvalue weighted by Crippen LogP contribution is 2.16. The molecule has 0 heterocycles. The lowest BCUT2D eigenvalue weighted by atomic mass is 10.2. The molecular weight excluding hydrogens is 322 g/mol. The van der Waals surface area contributed by atoms with Crippen molar-refractivity contribution in [2.24, 2.45) is 5.10 Å². The van der Waals surface area contributed by atoms with Gasteiger partial charge in [0.05, 0.1) is 10.6 Å². The van der Waals surface area contributed by atoms with E-state index in [-0.39, 0.29) is 12.3 Å². The number of nitro groups is 1. The summed E-state index contributed by atoms with van der Waals surface area (Å²) < 4.78 is 5.24. The van der Waals surface area contributed by atoms with Gasteiger partial charge in [-0.2, -0.15) is 5.10 Å². The molecule has 0 aromatic heterocycles. The maximum Gasteiger partial charge on any atom is 0.277 e. The summed E-state index contributed by atoms with van der Waals surface area (Å²) in [6.07, 6.45) is 3.67. The number of benzene rings is 2. The number of amides is 1. The van der Waals surface area contributed by atoms with Crippen molar-refractivity contribution in [3.05, 3.63) is 76.4 Å². The molecule has 7 heteroatoms. The van der Waals surface area contributed by atoms with E-state index in [1.165, 1.54) is 24.3 Å². The van der Waals surface area contributed by atoms with Gasteiger partial charge < -0.3 is 4.74 Å². The molecule has 0 bridgehead atoms. The van der Waals surface area contributed by atoms with Gasteiger partial charge in [0.15, 0.2) is 6.61 Å². The maximum atomic E-state index is 11.7. The van der Waals surface area contributed by atoms with Gasteiger partial charge in [0.1, 0.15) is 5.75 Å². The van der Waals surface area contributed by atoms with E-state index < -0.39 is 10.8 Å². The van der Waals surface area contributed by atoms with E-state index in [9.17, 15) is 14.9 Å². The molecule has 0 radical (unpaired) electrons. The van der Waals surface area contributed by atoms with Crippen molar-refractivity contribution in [2.45, 2.75) is 6.92 Å². The smallest absolute Gasteiger partial charge is 0.277 e. The second kappa shape index (κ2) is 8.97. The van der Waals surface area contributed by atoms with Gasteiger partial charge in [-0.25, -0.2) is 5.43 Å². The lowest BCUT2D eigenvalue weighted by Crippen LogP contribution is -2.25. The number of nitrogens with zero attached hydrogens (tertiary/aromatic N) is 2. The number of hydrogen-bond acceptors (Lipinski definition) is 5. The molecule has 0 spiro atoms. The molecule has 2 aromatic rings. The highest BCUT2D eigenvalue weighted by atomic mass is 16.6. The number of carbonyl (C=O) groups is 1. The molecule has 2 aromatic carbocycles.